The first-order valence-electron chi connectivity index (χ1n) is 8.01. The highest BCUT2D eigenvalue weighted by atomic mass is 14.9. The molecule has 0 aliphatic heterocycles. The third-order valence-electron chi connectivity index (χ3n) is 3.79. The first kappa shape index (κ1) is 15.3. The molecule has 3 aromatic rings. The number of nitrogens with one attached hydrogen (secondary N) is 2. The van der Waals surface area contributed by atoms with Crippen LogP contribution >= 0.6 is 0 Å². The topological polar surface area (TPSA) is 24.1 Å². The van der Waals surface area contributed by atoms with Crippen LogP contribution in [0.15, 0.2) is 84.9 Å². The van der Waals surface area contributed by atoms with Gasteiger partial charge < -0.3 is 10.6 Å². The fourth-order valence-corrected chi connectivity index (χ4v) is 2.48. The largest absolute Gasteiger partial charge is 0.381 e. The Hall–Kier alpha value is -2.58. The Morgan fingerprint density at radius 2 is 0.957 bits per heavy atom. The Morgan fingerprint density at radius 1 is 0.478 bits per heavy atom. The molecule has 0 radical (unpaired) electrons. The van der Waals surface area contributed by atoms with Gasteiger partial charge in [0.1, 0.15) is 0 Å². The maximum Gasteiger partial charge on any atom is 0.0400 e. The first-order valence-corrected chi connectivity index (χ1v) is 8.01. The van der Waals surface area contributed by atoms with Gasteiger partial charge in [-0.25, -0.2) is 0 Å². The molecule has 0 atom stereocenters. The summed E-state index contributed by atoms with van der Waals surface area (Å²) in [5.74, 6) is 0. The summed E-state index contributed by atoms with van der Waals surface area (Å²) in [6.07, 6.45) is 0. The van der Waals surface area contributed by atoms with E-state index in [9.17, 15) is 0 Å². The number of hydrogen-bond donors (Lipinski definition) is 2. The van der Waals surface area contributed by atoms with Crippen LogP contribution in [-0.4, -0.2) is 0 Å². The lowest BCUT2D eigenvalue weighted by Gasteiger charge is -2.08. The number of rotatable bonds is 7. The Morgan fingerprint density at radius 3 is 1.57 bits per heavy atom. The quantitative estimate of drug-likeness (QED) is 0.667. The molecule has 0 heterocycles. The monoisotopic (exact) mass is 302 g/mol. The normalized spacial score (nSPS) is 10.4. The van der Waals surface area contributed by atoms with E-state index in [1.165, 1.54) is 16.7 Å². The second kappa shape index (κ2) is 8.16. The van der Waals surface area contributed by atoms with Crippen molar-refractivity contribution in [3.63, 3.8) is 0 Å². The van der Waals surface area contributed by atoms with Crippen LogP contribution in [0.5, 0.6) is 0 Å². The van der Waals surface area contributed by atoms with Gasteiger partial charge in [0.15, 0.2) is 0 Å². The second-order valence-electron chi connectivity index (χ2n) is 5.63. The molecule has 116 valence electrons. The van der Waals surface area contributed by atoms with Crippen LogP contribution in [0.4, 0.5) is 5.69 Å². The van der Waals surface area contributed by atoms with E-state index in [-0.39, 0.29) is 0 Å². The molecule has 0 fully saturated rings. The highest BCUT2D eigenvalue weighted by Crippen LogP contribution is 2.10. The van der Waals surface area contributed by atoms with Gasteiger partial charge in [-0.05, 0) is 28.8 Å². The molecule has 2 heteroatoms. The first-order chi connectivity index (χ1) is 11.4. The predicted molar refractivity (Wildman–Crippen MR) is 97.2 cm³/mol. The van der Waals surface area contributed by atoms with Crippen LogP contribution in [0, 0.1) is 0 Å². The zero-order chi connectivity index (χ0) is 15.7. The molecule has 0 aliphatic rings. The van der Waals surface area contributed by atoms with Gasteiger partial charge in [-0.3, -0.25) is 0 Å². The summed E-state index contributed by atoms with van der Waals surface area (Å²) < 4.78 is 0. The van der Waals surface area contributed by atoms with Crippen molar-refractivity contribution < 1.29 is 0 Å². The third kappa shape index (κ3) is 4.97. The molecule has 0 bridgehead atoms. The van der Waals surface area contributed by atoms with Crippen molar-refractivity contribution in [2.75, 3.05) is 5.32 Å². The smallest absolute Gasteiger partial charge is 0.0400 e. The Labute approximate surface area is 138 Å². The number of para-hydroxylation sites is 1. The molecule has 0 amide bonds. The second-order valence-corrected chi connectivity index (χ2v) is 5.63. The van der Waals surface area contributed by atoms with Crippen molar-refractivity contribution in [2.45, 2.75) is 19.6 Å². The maximum atomic E-state index is 3.48. The van der Waals surface area contributed by atoms with Crippen molar-refractivity contribution in [3.05, 3.63) is 102 Å². The van der Waals surface area contributed by atoms with E-state index in [4.69, 9.17) is 0 Å². The van der Waals surface area contributed by atoms with E-state index in [1.807, 2.05) is 24.3 Å². The number of benzene rings is 3. The highest BCUT2D eigenvalue weighted by Gasteiger charge is 1.97. The van der Waals surface area contributed by atoms with E-state index >= 15 is 0 Å². The lowest BCUT2D eigenvalue weighted by Crippen LogP contribution is -2.12. The minimum Gasteiger partial charge on any atom is -0.381 e. The summed E-state index contributed by atoms with van der Waals surface area (Å²) in [5.41, 5.74) is 5.07. The molecule has 3 aromatic carbocycles. The zero-order valence-corrected chi connectivity index (χ0v) is 13.2. The van der Waals surface area contributed by atoms with Gasteiger partial charge in [0, 0.05) is 25.3 Å². The molecule has 23 heavy (non-hydrogen) atoms. The van der Waals surface area contributed by atoms with Gasteiger partial charge in [-0.1, -0.05) is 72.8 Å². The van der Waals surface area contributed by atoms with E-state index in [0.717, 1.165) is 25.3 Å². The van der Waals surface area contributed by atoms with Crippen LogP contribution < -0.4 is 10.6 Å². The summed E-state index contributed by atoms with van der Waals surface area (Å²) >= 11 is 0. The Kier molecular flexibility index (Phi) is 5.43. The molecule has 0 aliphatic carbocycles. The van der Waals surface area contributed by atoms with Crippen molar-refractivity contribution in [1.82, 2.24) is 5.32 Å². The molecule has 0 aromatic heterocycles. The minimum atomic E-state index is 0.849. The van der Waals surface area contributed by atoms with Gasteiger partial charge in [0.25, 0.3) is 0 Å². The molecule has 0 spiro atoms. The van der Waals surface area contributed by atoms with E-state index in [0.29, 0.717) is 0 Å². The molecule has 0 saturated heterocycles. The fourth-order valence-electron chi connectivity index (χ4n) is 2.48. The van der Waals surface area contributed by atoms with Crippen LogP contribution in [0.3, 0.4) is 0 Å². The standard InChI is InChI=1S/C21H22N2/c1-3-7-18(8-4-1)15-22-16-19-11-13-20(14-12-19)17-23-21-9-5-2-6-10-21/h1-14,22-23H,15-17H2. The summed E-state index contributed by atoms with van der Waals surface area (Å²) in [6, 6.07) is 29.5. The minimum absolute atomic E-state index is 0.849. The van der Waals surface area contributed by atoms with Crippen molar-refractivity contribution in [2.24, 2.45) is 0 Å². The molecule has 3 rings (SSSR count). The summed E-state index contributed by atoms with van der Waals surface area (Å²) in [6.45, 7) is 2.64. The van der Waals surface area contributed by atoms with Crippen molar-refractivity contribution in [3.8, 4) is 0 Å². The lowest BCUT2D eigenvalue weighted by atomic mass is 10.1. The summed E-state index contributed by atoms with van der Waals surface area (Å²) in [7, 11) is 0. The predicted octanol–water partition coefficient (Wildman–Crippen LogP) is 4.59. The molecule has 0 saturated carbocycles. The number of hydrogen-bond acceptors (Lipinski definition) is 2. The van der Waals surface area contributed by atoms with E-state index in [2.05, 4.69) is 71.3 Å². The van der Waals surface area contributed by atoms with Gasteiger partial charge >= 0.3 is 0 Å². The van der Waals surface area contributed by atoms with Gasteiger partial charge in [-0.2, -0.15) is 0 Å². The van der Waals surface area contributed by atoms with Crippen LogP contribution in [0.2, 0.25) is 0 Å². The van der Waals surface area contributed by atoms with Crippen LogP contribution in [0.25, 0.3) is 0 Å². The highest BCUT2D eigenvalue weighted by molar-refractivity contribution is 5.43. The number of anilines is 1. The van der Waals surface area contributed by atoms with Gasteiger partial charge in [0.05, 0.1) is 0 Å². The van der Waals surface area contributed by atoms with Gasteiger partial charge in [-0.15, -0.1) is 0 Å². The Bertz CT molecular complexity index is 691. The maximum absolute atomic E-state index is 3.48. The van der Waals surface area contributed by atoms with E-state index in [1.54, 1.807) is 0 Å². The summed E-state index contributed by atoms with van der Waals surface area (Å²) in [4.78, 5) is 0. The Balaban J connectivity index is 1.45. The molecular weight excluding hydrogens is 280 g/mol. The fraction of sp³-hybridized carbons (Fsp3) is 0.143. The zero-order valence-electron chi connectivity index (χ0n) is 13.2. The SMILES string of the molecule is c1ccc(CNCc2ccc(CNc3ccccc3)cc2)cc1. The molecule has 0 unspecified atom stereocenters. The van der Waals surface area contributed by atoms with Crippen LogP contribution in [-0.2, 0) is 19.6 Å². The molecule has 2 N–H and O–H groups in total. The van der Waals surface area contributed by atoms with Crippen LogP contribution in [0.1, 0.15) is 16.7 Å². The lowest BCUT2D eigenvalue weighted by molar-refractivity contribution is 0.693. The van der Waals surface area contributed by atoms with Crippen molar-refractivity contribution >= 4 is 5.69 Å². The van der Waals surface area contributed by atoms with E-state index < -0.39 is 0 Å². The average Bonchev–Trinajstić information content (AvgIpc) is 2.63. The molecular formula is C21H22N2. The summed E-state index contributed by atoms with van der Waals surface area (Å²) in [5, 5.41) is 6.91. The molecule has 2 nitrogen and oxygen atoms in total. The van der Waals surface area contributed by atoms with Crippen molar-refractivity contribution in [1.29, 1.82) is 0 Å². The average molecular weight is 302 g/mol. The van der Waals surface area contributed by atoms with Gasteiger partial charge in [0.2, 0.25) is 0 Å². The third-order valence-corrected chi connectivity index (χ3v) is 3.79.